The normalized spacial score (nSPS) is 12.7. The van der Waals surface area contributed by atoms with E-state index in [1.54, 1.807) is 13.8 Å². The van der Waals surface area contributed by atoms with Gasteiger partial charge in [-0.15, -0.1) is 0 Å². The number of ether oxygens (including phenoxy) is 2. The van der Waals surface area contributed by atoms with Crippen LogP contribution in [0.2, 0.25) is 0 Å². The monoisotopic (exact) mass is 314 g/mol. The van der Waals surface area contributed by atoms with Gasteiger partial charge in [0.2, 0.25) is 6.29 Å². The molecule has 0 aromatic rings. The zero-order valence-corrected chi connectivity index (χ0v) is 13.7. The lowest BCUT2D eigenvalue weighted by molar-refractivity contribution is -0.184. The minimum atomic E-state index is -1.13. The Hall–Kier alpha value is -1.66. The molecule has 0 bridgehead atoms. The number of carbonyl (C=O) groups is 2. The third kappa shape index (κ3) is 9.31. The number of hydrogen-bond donors (Lipinski definition) is 2. The molecule has 1 atom stereocenters. The van der Waals surface area contributed by atoms with E-state index in [4.69, 9.17) is 9.47 Å². The summed E-state index contributed by atoms with van der Waals surface area (Å²) in [4.78, 5) is 23.1. The summed E-state index contributed by atoms with van der Waals surface area (Å²) in [6, 6.07) is 0. The van der Waals surface area contributed by atoms with Gasteiger partial charge < -0.3 is 19.7 Å². The van der Waals surface area contributed by atoms with Crippen LogP contribution < -0.4 is 0 Å². The van der Waals surface area contributed by atoms with Gasteiger partial charge in [0.1, 0.15) is 0 Å². The van der Waals surface area contributed by atoms with Gasteiger partial charge in [-0.2, -0.15) is 0 Å². The lowest BCUT2D eigenvalue weighted by atomic mass is 9.98. The molecule has 1 unspecified atom stereocenters. The highest BCUT2D eigenvalue weighted by Gasteiger charge is 2.24. The van der Waals surface area contributed by atoms with E-state index >= 15 is 0 Å². The second-order valence-corrected chi connectivity index (χ2v) is 6.05. The van der Waals surface area contributed by atoms with Gasteiger partial charge in [0.05, 0.1) is 11.7 Å². The molecule has 0 aliphatic rings. The summed E-state index contributed by atoms with van der Waals surface area (Å²) in [5, 5.41) is 19.5. The number of hydrogen-bond acceptors (Lipinski definition) is 6. The molecule has 0 spiro atoms. The van der Waals surface area contributed by atoms with Crippen molar-refractivity contribution >= 4 is 11.9 Å². The maximum atomic E-state index is 11.5. The fourth-order valence-corrected chi connectivity index (χ4v) is 1.59. The standard InChI is InChI=1S/C16H26O6/c1-10(2)14(18)21-13(22-15(19)11(3)4)8-7-12(17)9-16(5,6)20/h12-13,17,20H,1,3,7-9H2,2,4-6H3. The van der Waals surface area contributed by atoms with Crippen molar-refractivity contribution in [2.75, 3.05) is 0 Å². The summed E-state index contributed by atoms with van der Waals surface area (Å²) in [6.07, 6.45) is -1.49. The van der Waals surface area contributed by atoms with Crippen LogP contribution in [0.3, 0.4) is 0 Å². The fourth-order valence-electron chi connectivity index (χ4n) is 1.59. The van der Waals surface area contributed by atoms with Crippen molar-refractivity contribution in [1.82, 2.24) is 0 Å². The quantitative estimate of drug-likeness (QED) is 0.383. The van der Waals surface area contributed by atoms with Crippen LogP contribution in [0.25, 0.3) is 0 Å². The van der Waals surface area contributed by atoms with Gasteiger partial charge in [0.15, 0.2) is 0 Å². The number of carbonyl (C=O) groups excluding carboxylic acids is 2. The lowest BCUT2D eigenvalue weighted by Crippen LogP contribution is -2.29. The van der Waals surface area contributed by atoms with E-state index < -0.39 is 29.9 Å². The van der Waals surface area contributed by atoms with Gasteiger partial charge in [-0.3, -0.25) is 0 Å². The Morgan fingerprint density at radius 2 is 1.45 bits per heavy atom. The number of esters is 2. The molecule has 0 rings (SSSR count). The average molecular weight is 314 g/mol. The summed E-state index contributed by atoms with van der Waals surface area (Å²) in [7, 11) is 0. The second-order valence-electron chi connectivity index (χ2n) is 6.05. The summed E-state index contributed by atoms with van der Waals surface area (Å²) in [5.41, 5.74) is -0.667. The summed E-state index contributed by atoms with van der Waals surface area (Å²) < 4.78 is 10.0. The molecule has 22 heavy (non-hydrogen) atoms. The first kappa shape index (κ1) is 20.3. The molecule has 0 saturated heterocycles. The van der Waals surface area contributed by atoms with Gasteiger partial charge in [-0.25, -0.2) is 9.59 Å². The molecule has 0 radical (unpaired) electrons. The maximum Gasteiger partial charge on any atom is 0.336 e. The van der Waals surface area contributed by atoms with Crippen molar-refractivity contribution < 1.29 is 29.3 Å². The topological polar surface area (TPSA) is 93.1 Å². The molecule has 0 heterocycles. The zero-order valence-electron chi connectivity index (χ0n) is 13.7. The van der Waals surface area contributed by atoms with E-state index in [9.17, 15) is 19.8 Å². The molecular formula is C16H26O6. The Morgan fingerprint density at radius 3 is 1.77 bits per heavy atom. The molecule has 0 fully saturated rings. The molecule has 0 aromatic heterocycles. The summed E-state index contributed by atoms with van der Waals surface area (Å²) in [5.74, 6) is -1.37. The van der Waals surface area contributed by atoms with Gasteiger partial charge in [-0.05, 0) is 34.1 Å². The zero-order chi connectivity index (χ0) is 17.5. The van der Waals surface area contributed by atoms with Crippen molar-refractivity contribution in [3.63, 3.8) is 0 Å². The van der Waals surface area contributed by atoms with Gasteiger partial charge >= 0.3 is 11.9 Å². The van der Waals surface area contributed by atoms with Crippen molar-refractivity contribution in [3.05, 3.63) is 24.3 Å². The molecule has 0 aromatic carbocycles. The predicted octanol–water partition coefficient (Wildman–Crippen LogP) is 1.85. The smallest absolute Gasteiger partial charge is 0.336 e. The highest BCUT2D eigenvalue weighted by molar-refractivity contribution is 5.88. The highest BCUT2D eigenvalue weighted by atomic mass is 16.7. The van der Waals surface area contributed by atoms with E-state index in [2.05, 4.69) is 13.2 Å². The Morgan fingerprint density at radius 1 is 1.05 bits per heavy atom. The first-order valence-corrected chi connectivity index (χ1v) is 7.06. The van der Waals surface area contributed by atoms with Crippen molar-refractivity contribution in [2.24, 2.45) is 0 Å². The van der Waals surface area contributed by atoms with Crippen LogP contribution in [0.15, 0.2) is 24.3 Å². The molecule has 0 saturated carbocycles. The van der Waals surface area contributed by atoms with Crippen LogP contribution in [0.5, 0.6) is 0 Å². The van der Waals surface area contributed by atoms with Crippen LogP contribution in [0.4, 0.5) is 0 Å². The van der Waals surface area contributed by atoms with E-state index in [1.807, 2.05) is 0 Å². The van der Waals surface area contributed by atoms with E-state index in [-0.39, 0.29) is 30.4 Å². The predicted molar refractivity (Wildman–Crippen MR) is 81.8 cm³/mol. The largest absolute Gasteiger partial charge is 0.422 e. The Balaban J connectivity index is 4.65. The lowest BCUT2D eigenvalue weighted by Gasteiger charge is -2.23. The number of rotatable bonds is 9. The molecule has 0 aliphatic heterocycles. The summed E-state index contributed by atoms with van der Waals surface area (Å²) >= 11 is 0. The van der Waals surface area contributed by atoms with E-state index in [0.29, 0.717) is 0 Å². The molecule has 6 nitrogen and oxygen atoms in total. The van der Waals surface area contributed by atoms with Crippen LogP contribution in [-0.4, -0.2) is 40.1 Å². The SMILES string of the molecule is C=C(C)C(=O)OC(CCC(O)CC(C)(C)O)OC(=O)C(=C)C. The third-order valence-electron chi connectivity index (χ3n) is 2.64. The number of aliphatic hydroxyl groups excluding tert-OH is 1. The number of aliphatic hydroxyl groups is 2. The third-order valence-corrected chi connectivity index (χ3v) is 2.64. The van der Waals surface area contributed by atoms with Crippen molar-refractivity contribution in [1.29, 1.82) is 0 Å². The first-order chi connectivity index (χ1) is 9.92. The fraction of sp³-hybridized carbons (Fsp3) is 0.625. The molecule has 6 heteroatoms. The van der Waals surface area contributed by atoms with Gasteiger partial charge in [0, 0.05) is 24.0 Å². The van der Waals surface area contributed by atoms with Crippen LogP contribution in [0, 0.1) is 0 Å². The minimum Gasteiger partial charge on any atom is -0.422 e. The highest BCUT2D eigenvalue weighted by Crippen LogP contribution is 2.17. The van der Waals surface area contributed by atoms with Crippen LogP contribution in [-0.2, 0) is 19.1 Å². The van der Waals surface area contributed by atoms with Crippen LogP contribution >= 0.6 is 0 Å². The van der Waals surface area contributed by atoms with Crippen molar-refractivity contribution in [2.45, 2.75) is 65.0 Å². The molecule has 0 aliphatic carbocycles. The Kier molecular flexibility index (Phi) is 8.05. The second kappa shape index (κ2) is 8.70. The van der Waals surface area contributed by atoms with Gasteiger partial charge in [0.25, 0.3) is 0 Å². The summed E-state index contributed by atoms with van der Waals surface area (Å²) in [6.45, 7) is 13.0. The Bertz CT molecular complexity index is 404. The van der Waals surface area contributed by atoms with E-state index in [0.717, 1.165) is 0 Å². The Labute approximate surface area is 131 Å². The first-order valence-electron chi connectivity index (χ1n) is 7.06. The van der Waals surface area contributed by atoms with Crippen molar-refractivity contribution in [3.8, 4) is 0 Å². The molecule has 2 N–H and O–H groups in total. The molecular weight excluding hydrogens is 288 g/mol. The van der Waals surface area contributed by atoms with E-state index in [1.165, 1.54) is 13.8 Å². The van der Waals surface area contributed by atoms with Crippen LogP contribution in [0.1, 0.15) is 47.0 Å². The molecule has 126 valence electrons. The average Bonchev–Trinajstić information content (AvgIpc) is 2.33. The molecule has 0 amide bonds. The van der Waals surface area contributed by atoms with Gasteiger partial charge in [-0.1, -0.05) is 13.2 Å². The maximum absolute atomic E-state index is 11.5. The minimum absolute atomic E-state index is 0.106.